The standard InChI is InChI=1S/C9H12N2O3/c1-13-8-6-4-3-5-7(8)10-9(12)11-14-2/h3-6H,1-2H3,(H2,10,11,12). The number of carbonyl (C=O) groups is 1. The Bertz CT molecular complexity index is 315. The maximum atomic E-state index is 11.1. The molecule has 2 amide bonds. The summed E-state index contributed by atoms with van der Waals surface area (Å²) in [7, 11) is 2.90. The van der Waals surface area contributed by atoms with Crippen molar-refractivity contribution >= 4 is 11.7 Å². The quantitative estimate of drug-likeness (QED) is 0.718. The highest BCUT2D eigenvalue weighted by Gasteiger charge is 2.04. The highest BCUT2D eigenvalue weighted by molar-refractivity contribution is 5.90. The summed E-state index contributed by atoms with van der Waals surface area (Å²) in [5.41, 5.74) is 2.73. The topological polar surface area (TPSA) is 59.6 Å². The van der Waals surface area contributed by atoms with Gasteiger partial charge in [-0.05, 0) is 12.1 Å². The molecule has 0 atom stereocenters. The molecule has 0 heterocycles. The van der Waals surface area contributed by atoms with Crippen LogP contribution in [0.4, 0.5) is 10.5 Å². The van der Waals surface area contributed by atoms with E-state index in [-0.39, 0.29) is 0 Å². The predicted octanol–water partition coefficient (Wildman–Crippen LogP) is 1.38. The fourth-order valence-corrected chi connectivity index (χ4v) is 0.988. The largest absolute Gasteiger partial charge is 0.495 e. The van der Waals surface area contributed by atoms with Crippen LogP contribution < -0.4 is 15.5 Å². The number of para-hydroxylation sites is 2. The maximum absolute atomic E-state index is 11.1. The molecule has 0 aliphatic rings. The van der Waals surface area contributed by atoms with Gasteiger partial charge in [-0.1, -0.05) is 12.1 Å². The van der Waals surface area contributed by atoms with E-state index in [1.807, 2.05) is 6.07 Å². The first-order chi connectivity index (χ1) is 6.77. The van der Waals surface area contributed by atoms with E-state index in [1.165, 1.54) is 14.2 Å². The van der Waals surface area contributed by atoms with Crippen molar-refractivity contribution in [2.24, 2.45) is 0 Å². The van der Waals surface area contributed by atoms with Gasteiger partial charge in [0.1, 0.15) is 5.75 Å². The average Bonchev–Trinajstić information content (AvgIpc) is 2.19. The Morgan fingerprint density at radius 2 is 2.00 bits per heavy atom. The van der Waals surface area contributed by atoms with Gasteiger partial charge in [0, 0.05) is 0 Å². The van der Waals surface area contributed by atoms with Crippen LogP contribution in [0.2, 0.25) is 0 Å². The number of amides is 2. The van der Waals surface area contributed by atoms with E-state index >= 15 is 0 Å². The number of hydrogen-bond acceptors (Lipinski definition) is 3. The third-order valence-corrected chi connectivity index (χ3v) is 1.55. The minimum absolute atomic E-state index is 0.447. The molecule has 0 unspecified atom stereocenters. The Morgan fingerprint density at radius 1 is 1.29 bits per heavy atom. The summed E-state index contributed by atoms with van der Waals surface area (Å²) in [6.07, 6.45) is 0. The van der Waals surface area contributed by atoms with Crippen molar-refractivity contribution < 1.29 is 14.4 Å². The van der Waals surface area contributed by atoms with Crippen molar-refractivity contribution in [3.05, 3.63) is 24.3 Å². The number of carbonyl (C=O) groups excluding carboxylic acids is 1. The summed E-state index contributed by atoms with van der Waals surface area (Å²) in [5, 5.41) is 2.56. The molecule has 14 heavy (non-hydrogen) atoms. The number of methoxy groups -OCH3 is 1. The lowest BCUT2D eigenvalue weighted by molar-refractivity contribution is 0.114. The van der Waals surface area contributed by atoms with E-state index in [0.717, 1.165) is 0 Å². The van der Waals surface area contributed by atoms with E-state index in [4.69, 9.17) is 4.74 Å². The van der Waals surface area contributed by atoms with Crippen LogP contribution in [0.5, 0.6) is 5.75 Å². The molecule has 0 bridgehead atoms. The molecular formula is C9H12N2O3. The molecule has 0 fully saturated rings. The van der Waals surface area contributed by atoms with E-state index < -0.39 is 6.03 Å². The van der Waals surface area contributed by atoms with Crippen LogP contribution >= 0.6 is 0 Å². The zero-order valence-corrected chi connectivity index (χ0v) is 8.03. The number of hydrogen-bond donors (Lipinski definition) is 2. The third kappa shape index (κ3) is 2.63. The molecule has 0 saturated heterocycles. The molecule has 1 aromatic rings. The number of hydroxylamine groups is 1. The first kappa shape index (κ1) is 10.3. The molecule has 0 aliphatic heterocycles. The van der Waals surface area contributed by atoms with Crippen LogP contribution in [0.25, 0.3) is 0 Å². The van der Waals surface area contributed by atoms with Gasteiger partial charge in [-0.3, -0.25) is 4.84 Å². The van der Waals surface area contributed by atoms with Crippen molar-refractivity contribution in [1.29, 1.82) is 0 Å². The molecule has 0 aromatic heterocycles. The monoisotopic (exact) mass is 196 g/mol. The van der Waals surface area contributed by atoms with Gasteiger partial charge >= 0.3 is 6.03 Å². The van der Waals surface area contributed by atoms with E-state index in [9.17, 15) is 4.79 Å². The zero-order chi connectivity index (χ0) is 10.4. The van der Waals surface area contributed by atoms with Crippen LogP contribution in [0.3, 0.4) is 0 Å². The highest BCUT2D eigenvalue weighted by atomic mass is 16.6. The summed E-state index contributed by atoms with van der Waals surface area (Å²) >= 11 is 0. The summed E-state index contributed by atoms with van der Waals surface area (Å²) in [4.78, 5) is 15.5. The molecule has 0 spiro atoms. The molecular weight excluding hydrogens is 184 g/mol. The van der Waals surface area contributed by atoms with Gasteiger partial charge in [0.2, 0.25) is 0 Å². The minimum Gasteiger partial charge on any atom is -0.495 e. The normalized spacial score (nSPS) is 9.29. The molecule has 1 rings (SSSR count). The van der Waals surface area contributed by atoms with Crippen molar-refractivity contribution in [2.75, 3.05) is 19.5 Å². The smallest absolute Gasteiger partial charge is 0.343 e. The lowest BCUT2D eigenvalue weighted by atomic mass is 10.3. The molecule has 0 aliphatic carbocycles. The Hall–Kier alpha value is -1.75. The molecule has 5 nitrogen and oxygen atoms in total. The highest BCUT2D eigenvalue weighted by Crippen LogP contribution is 2.22. The van der Waals surface area contributed by atoms with E-state index in [2.05, 4.69) is 15.6 Å². The Labute approximate surface area is 82.0 Å². The van der Waals surface area contributed by atoms with Crippen LogP contribution in [0.15, 0.2) is 24.3 Å². The molecule has 2 N–H and O–H groups in total. The van der Waals surface area contributed by atoms with Crippen LogP contribution in [0.1, 0.15) is 0 Å². The van der Waals surface area contributed by atoms with Crippen molar-refractivity contribution in [3.63, 3.8) is 0 Å². The van der Waals surface area contributed by atoms with Crippen LogP contribution in [-0.4, -0.2) is 20.3 Å². The molecule has 0 radical (unpaired) electrons. The molecule has 5 heteroatoms. The van der Waals surface area contributed by atoms with Gasteiger partial charge in [-0.2, -0.15) is 0 Å². The fourth-order valence-electron chi connectivity index (χ4n) is 0.988. The van der Waals surface area contributed by atoms with Gasteiger partial charge in [-0.15, -0.1) is 0 Å². The first-order valence-corrected chi connectivity index (χ1v) is 4.01. The van der Waals surface area contributed by atoms with Gasteiger partial charge in [0.25, 0.3) is 0 Å². The van der Waals surface area contributed by atoms with E-state index in [1.54, 1.807) is 18.2 Å². The maximum Gasteiger partial charge on any atom is 0.343 e. The van der Waals surface area contributed by atoms with Crippen LogP contribution in [-0.2, 0) is 4.84 Å². The van der Waals surface area contributed by atoms with Crippen LogP contribution in [0, 0.1) is 0 Å². The Morgan fingerprint density at radius 3 is 2.64 bits per heavy atom. The first-order valence-electron chi connectivity index (χ1n) is 4.01. The lowest BCUT2D eigenvalue weighted by Crippen LogP contribution is -2.27. The van der Waals surface area contributed by atoms with Crippen molar-refractivity contribution in [3.8, 4) is 5.75 Å². The fraction of sp³-hybridized carbons (Fsp3) is 0.222. The second-order valence-corrected chi connectivity index (χ2v) is 2.46. The minimum atomic E-state index is -0.447. The SMILES string of the molecule is CONC(=O)Nc1ccccc1OC. The van der Waals surface area contributed by atoms with Gasteiger partial charge in [-0.25, -0.2) is 10.3 Å². The summed E-state index contributed by atoms with van der Waals surface area (Å²) in [5.74, 6) is 0.596. The van der Waals surface area contributed by atoms with Crippen molar-refractivity contribution in [2.45, 2.75) is 0 Å². The second kappa shape index (κ2) is 5.08. The second-order valence-electron chi connectivity index (χ2n) is 2.46. The Balaban J connectivity index is 2.70. The number of rotatable bonds is 3. The number of anilines is 1. The van der Waals surface area contributed by atoms with Crippen molar-refractivity contribution in [1.82, 2.24) is 5.48 Å². The number of urea groups is 1. The summed E-state index contributed by atoms with van der Waals surface area (Å²) in [6, 6.07) is 6.65. The average molecular weight is 196 g/mol. The van der Waals surface area contributed by atoms with Gasteiger partial charge < -0.3 is 10.1 Å². The number of ether oxygens (including phenoxy) is 1. The molecule has 0 saturated carbocycles. The molecule has 1 aromatic carbocycles. The number of benzene rings is 1. The molecule has 76 valence electrons. The third-order valence-electron chi connectivity index (χ3n) is 1.55. The van der Waals surface area contributed by atoms with Gasteiger partial charge in [0.15, 0.2) is 0 Å². The predicted molar refractivity (Wildman–Crippen MR) is 52.2 cm³/mol. The van der Waals surface area contributed by atoms with E-state index in [0.29, 0.717) is 11.4 Å². The summed E-state index contributed by atoms with van der Waals surface area (Å²) in [6.45, 7) is 0. The Kier molecular flexibility index (Phi) is 3.75. The lowest BCUT2D eigenvalue weighted by Gasteiger charge is -2.09. The van der Waals surface area contributed by atoms with Gasteiger partial charge in [0.05, 0.1) is 19.9 Å². The number of nitrogens with one attached hydrogen (secondary N) is 2. The summed E-state index contributed by atoms with van der Waals surface area (Å²) < 4.78 is 5.04. The zero-order valence-electron chi connectivity index (χ0n) is 8.03.